The number of rotatable bonds is 7. The van der Waals surface area contributed by atoms with Crippen LogP contribution in [0.5, 0.6) is 0 Å². The maximum atomic E-state index is 15.1. The number of halogens is 1. The van der Waals surface area contributed by atoms with Crippen LogP contribution in [-0.2, 0) is 4.74 Å². The van der Waals surface area contributed by atoms with Crippen molar-refractivity contribution >= 4 is 40.4 Å². The van der Waals surface area contributed by atoms with Crippen LogP contribution in [0.25, 0.3) is 11.0 Å². The third kappa shape index (κ3) is 7.30. The first-order chi connectivity index (χ1) is 22.9. The van der Waals surface area contributed by atoms with Gasteiger partial charge >= 0.3 is 6.09 Å². The van der Waals surface area contributed by atoms with Gasteiger partial charge in [0.05, 0.1) is 24.0 Å². The van der Waals surface area contributed by atoms with Crippen molar-refractivity contribution in [1.29, 1.82) is 0 Å². The van der Waals surface area contributed by atoms with Gasteiger partial charge in [0.15, 0.2) is 5.78 Å². The standard InChI is InChI=1S/C35H47FN8O4/c1-22-27-19-38-33(40-31(27)44(25-8-6-7-9-25)32(46)30(22)23(2)45)39-29-11-10-26(18-37-29)42-16-14-41(15-17-42)20-24-12-13-43(21-28(24)36)34(47)48-35(3,4)5/h10-11,18-19,24-25,28H,6-9,12-17,20-21H2,1-5H3,(H,37,38,39,40). The van der Waals surface area contributed by atoms with Crippen LogP contribution in [0.2, 0.25) is 0 Å². The van der Waals surface area contributed by atoms with Gasteiger partial charge in [-0.1, -0.05) is 12.8 Å². The lowest BCUT2D eigenvalue weighted by Gasteiger charge is -2.40. The van der Waals surface area contributed by atoms with Crippen LogP contribution in [0, 0.1) is 12.8 Å². The molecule has 48 heavy (non-hydrogen) atoms. The summed E-state index contributed by atoms with van der Waals surface area (Å²) in [6, 6.07) is 3.90. The third-order valence-electron chi connectivity index (χ3n) is 9.80. The number of nitrogens with zero attached hydrogens (tertiary/aromatic N) is 7. The second-order valence-corrected chi connectivity index (χ2v) is 14.4. The van der Waals surface area contributed by atoms with Gasteiger partial charge < -0.3 is 19.9 Å². The highest BCUT2D eigenvalue weighted by Gasteiger charge is 2.35. The number of piperidine rings is 1. The number of fused-ring (bicyclic) bond motifs is 1. The topological polar surface area (TPSA) is 126 Å². The Morgan fingerprint density at radius 1 is 1.02 bits per heavy atom. The minimum absolute atomic E-state index is 0.00918. The predicted octanol–water partition coefficient (Wildman–Crippen LogP) is 5.27. The molecule has 3 fully saturated rings. The molecule has 2 saturated heterocycles. The van der Waals surface area contributed by atoms with Crippen molar-refractivity contribution in [3.8, 4) is 0 Å². The molecule has 6 rings (SSSR count). The van der Waals surface area contributed by atoms with E-state index in [1.165, 1.54) is 11.8 Å². The number of Topliss-reactive ketones (excluding diaryl/α,β-unsaturated/α-hetero) is 1. The summed E-state index contributed by atoms with van der Waals surface area (Å²) in [5.41, 5.74) is 1.48. The van der Waals surface area contributed by atoms with Crippen LogP contribution < -0.4 is 15.8 Å². The van der Waals surface area contributed by atoms with Gasteiger partial charge in [-0.2, -0.15) is 4.98 Å². The zero-order valence-electron chi connectivity index (χ0n) is 28.7. The Labute approximate surface area is 280 Å². The number of nitrogens with one attached hydrogen (secondary N) is 1. The van der Waals surface area contributed by atoms with E-state index in [0.29, 0.717) is 47.9 Å². The molecule has 0 bridgehead atoms. The Kier molecular flexibility index (Phi) is 9.69. The number of amides is 1. The molecule has 1 amide bonds. The summed E-state index contributed by atoms with van der Waals surface area (Å²) in [5, 5.41) is 3.89. The number of aromatic nitrogens is 4. The van der Waals surface area contributed by atoms with Crippen LogP contribution in [0.15, 0.2) is 29.3 Å². The zero-order chi connectivity index (χ0) is 34.2. The smallest absolute Gasteiger partial charge is 0.410 e. The number of hydrogen-bond donors (Lipinski definition) is 1. The molecule has 12 nitrogen and oxygen atoms in total. The van der Waals surface area contributed by atoms with Gasteiger partial charge in [0.2, 0.25) is 5.95 Å². The zero-order valence-corrected chi connectivity index (χ0v) is 28.7. The molecule has 1 saturated carbocycles. The fourth-order valence-corrected chi connectivity index (χ4v) is 7.24. The minimum atomic E-state index is -1.07. The minimum Gasteiger partial charge on any atom is -0.444 e. The van der Waals surface area contributed by atoms with Crippen LogP contribution in [0.1, 0.15) is 81.8 Å². The third-order valence-corrected chi connectivity index (χ3v) is 9.80. The fourth-order valence-electron chi connectivity index (χ4n) is 7.24. The molecular weight excluding hydrogens is 615 g/mol. The molecule has 2 atom stereocenters. The molecule has 2 unspecified atom stereocenters. The molecule has 258 valence electrons. The van der Waals surface area contributed by atoms with Crippen molar-refractivity contribution < 1.29 is 18.7 Å². The van der Waals surface area contributed by atoms with Gasteiger partial charge in [-0.05, 0) is 71.6 Å². The van der Waals surface area contributed by atoms with Crippen molar-refractivity contribution in [2.45, 2.75) is 84.5 Å². The normalized spacial score (nSPS) is 21.1. The number of carbonyl (C=O) groups is 2. The summed E-state index contributed by atoms with van der Waals surface area (Å²) in [4.78, 5) is 58.2. The molecule has 1 N–H and O–H groups in total. The largest absolute Gasteiger partial charge is 0.444 e. The van der Waals surface area contributed by atoms with Crippen LogP contribution >= 0.6 is 0 Å². The molecule has 5 heterocycles. The highest BCUT2D eigenvalue weighted by molar-refractivity contribution is 5.99. The fraction of sp³-hybridized carbons (Fsp3) is 0.600. The lowest BCUT2D eigenvalue weighted by molar-refractivity contribution is 0.00144. The van der Waals surface area contributed by atoms with Crippen molar-refractivity contribution in [2.75, 3.05) is 56.0 Å². The molecule has 0 spiro atoms. The van der Waals surface area contributed by atoms with Crippen molar-refractivity contribution in [2.24, 2.45) is 5.92 Å². The number of ketones is 1. The molecule has 13 heteroatoms. The second-order valence-electron chi connectivity index (χ2n) is 14.4. The van der Waals surface area contributed by atoms with Crippen LogP contribution in [0.3, 0.4) is 0 Å². The molecule has 3 aromatic rings. The number of alkyl halides is 1. The number of anilines is 3. The van der Waals surface area contributed by atoms with Crippen molar-refractivity contribution in [1.82, 2.24) is 29.3 Å². The average molecular weight is 663 g/mol. The first-order valence-corrected chi connectivity index (χ1v) is 17.1. The van der Waals surface area contributed by atoms with Crippen LogP contribution in [-0.4, -0.2) is 98.8 Å². The van der Waals surface area contributed by atoms with Gasteiger partial charge in [0.1, 0.15) is 23.2 Å². The number of hydrogen-bond acceptors (Lipinski definition) is 10. The number of piperazine rings is 1. The Morgan fingerprint density at radius 3 is 2.38 bits per heavy atom. The maximum Gasteiger partial charge on any atom is 0.410 e. The van der Waals surface area contributed by atoms with E-state index in [1.807, 2.05) is 39.1 Å². The van der Waals surface area contributed by atoms with E-state index in [1.54, 1.807) is 17.7 Å². The number of aryl methyl sites for hydroxylation is 1. The SMILES string of the molecule is CC(=O)c1c(C)c2cnc(Nc3ccc(N4CCN(CC5CCN(C(=O)OC(C)(C)C)CC5F)CC4)cn3)nc2n(C2CCCC2)c1=O. The summed E-state index contributed by atoms with van der Waals surface area (Å²) in [6.07, 6.45) is 6.45. The first kappa shape index (κ1) is 33.8. The molecule has 3 aliphatic rings. The monoisotopic (exact) mass is 662 g/mol. The van der Waals surface area contributed by atoms with Crippen molar-refractivity contribution in [3.05, 3.63) is 46.0 Å². The maximum absolute atomic E-state index is 15.1. The molecular formula is C35H47FN8O4. The molecule has 3 aromatic heterocycles. The molecule has 2 aliphatic heterocycles. The van der Waals surface area contributed by atoms with Gasteiger partial charge in [-0.3, -0.25) is 19.1 Å². The van der Waals surface area contributed by atoms with E-state index in [-0.39, 0.29) is 35.4 Å². The number of likely N-dealkylation sites (tertiary alicyclic amines) is 1. The van der Waals surface area contributed by atoms with E-state index in [2.05, 4.69) is 25.1 Å². The highest BCUT2D eigenvalue weighted by atomic mass is 19.1. The van der Waals surface area contributed by atoms with Gasteiger partial charge in [-0.25, -0.2) is 19.2 Å². The van der Waals surface area contributed by atoms with E-state index in [4.69, 9.17) is 9.72 Å². The summed E-state index contributed by atoms with van der Waals surface area (Å²) < 4.78 is 22.2. The van der Waals surface area contributed by atoms with E-state index >= 15 is 4.39 Å². The Morgan fingerprint density at radius 2 is 1.75 bits per heavy atom. The van der Waals surface area contributed by atoms with Crippen molar-refractivity contribution in [3.63, 3.8) is 0 Å². The average Bonchev–Trinajstić information content (AvgIpc) is 3.56. The number of pyridine rings is 2. The number of carbonyl (C=O) groups excluding carboxylic acids is 2. The van der Waals surface area contributed by atoms with E-state index < -0.39 is 17.9 Å². The second kappa shape index (κ2) is 13.8. The van der Waals surface area contributed by atoms with E-state index in [9.17, 15) is 14.4 Å². The molecule has 0 aromatic carbocycles. The summed E-state index contributed by atoms with van der Waals surface area (Å²) in [7, 11) is 0. The van der Waals surface area contributed by atoms with Gasteiger partial charge in [0, 0.05) is 62.8 Å². The Bertz CT molecular complexity index is 1710. The highest BCUT2D eigenvalue weighted by Crippen LogP contribution is 2.32. The summed E-state index contributed by atoms with van der Waals surface area (Å²) >= 11 is 0. The van der Waals surface area contributed by atoms with E-state index in [0.717, 1.165) is 57.5 Å². The summed E-state index contributed by atoms with van der Waals surface area (Å²) in [6.45, 7) is 13.2. The number of ether oxygens (including phenoxy) is 1. The molecule has 1 aliphatic carbocycles. The first-order valence-electron chi connectivity index (χ1n) is 17.1. The Hall–Kier alpha value is -4.13. The quantitative estimate of drug-likeness (QED) is 0.335. The van der Waals surface area contributed by atoms with Gasteiger partial charge in [0.25, 0.3) is 5.56 Å². The molecule has 0 radical (unpaired) electrons. The lowest BCUT2D eigenvalue weighted by atomic mass is 9.94. The summed E-state index contributed by atoms with van der Waals surface area (Å²) in [5.74, 6) is 0.563. The Balaban J connectivity index is 1.06. The predicted molar refractivity (Wildman–Crippen MR) is 183 cm³/mol. The lowest BCUT2D eigenvalue weighted by Crippen LogP contribution is -2.52. The van der Waals surface area contributed by atoms with Crippen LogP contribution in [0.4, 0.5) is 26.6 Å². The van der Waals surface area contributed by atoms with Gasteiger partial charge in [-0.15, -0.1) is 0 Å².